The third-order valence-corrected chi connectivity index (χ3v) is 6.68. The predicted molar refractivity (Wildman–Crippen MR) is 108 cm³/mol. The van der Waals surface area contributed by atoms with E-state index in [0.29, 0.717) is 22.9 Å². The van der Waals surface area contributed by atoms with Gasteiger partial charge in [-0.25, -0.2) is 8.42 Å². The van der Waals surface area contributed by atoms with Gasteiger partial charge in [0.15, 0.2) is 16.4 Å². The molecule has 0 saturated carbocycles. The van der Waals surface area contributed by atoms with Crippen LogP contribution in [-0.4, -0.2) is 39.2 Å². The Balaban J connectivity index is 1.75. The van der Waals surface area contributed by atoms with Crippen LogP contribution in [0.2, 0.25) is 0 Å². The zero-order valence-corrected chi connectivity index (χ0v) is 17.1. The SMILES string of the molecule is COc1ccc(C)cc1NC(=O)CC(C)S(=O)(=O)c1ccc2c(c1)NC(=O)CO2. The maximum Gasteiger partial charge on any atom is 0.262 e. The fourth-order valence-electron chi connectivity index (χ4n) is 2.96. The number of benzene rings is 2. The molecule has 1 unspecified atom stereocenters. The molecule has 0 saturated heterocycles. The molecule has 1 heterocycles. The third-order valence-electron chi connectivity index (χ3n) is 4.54. The summed E-state index contributed by atoms with van der Waals surface area (Å²) in [7, 11) is -2.31. The number of methoxy groups -OCH3 is 1. The Morgan fingerprint density at radius 2 is 2.03 bits per heavy atom. The molecule has 0 aromatic heterocycles. The average Bonchev–Trinajstić information content (AvgIpc) is 2.67. The van der Waals surface area contributed by atoms with Crippen molar-refractivity contribution in [1.82, 2.24) is 0 Å². The van der Waals surface area contributed by atoms with Gasteiger partial charge in [0.05, 0.1) is 28.6 Å². The van der Waals surface area contributed by atoms with Crippen LogP contribution in [0, 0.1) is 6.92 Å². The second kappa shape index (κ2) is 8.12. The number of sulfone groups is 1. The Hall–Kier alpha value is -3.07. The van der Waals surface area contributed by atoms with E-state index in [-0.39, 0.29) is 23.8 Å². The van der Waals surface area contributed by atoms with Gasteiger partial charge in [-0.3, -0.25) is 9.59 Å². The fraction of sp³-hybridized carbons (Fsp3) is 0.300. The maximum absolute atomic E-state index is 12.9. The Morgan fingerprint density at radius 1 is 1.28 bits per heavy atom. The van der Waals surface area contributed by atoms with Crippen LogP contribution in [0.1, 0.15) is 18.9 Å². The number of rotatable bonds is 6. The van der Waals surface area contributed by atoms with Gasteiger partial charge in [0.1, 0.15) is 11.5 Å². The molecule has 1 aliphatic heterocycles. The second-order valence-corrected chi connectivity index (χ2v) is 9.17. The molecule has 2 N–H and O–H groups in total. The Labute approximate surface area is 169 Å². The molecule has 2 amide bonds. The first-order valence-corrected chi connectivity index (χ1v) is 10.5. The van der Waals surface area contributed by atoms with Gasteiger partial charge in [0, 0.05) is 6.42 Å². The first-order chi connectivity index (χ1) is 13.7. The normalized spacial score (nSPS) is 14.2. The summed E-state index contributed by atoms with van der Waals surface area (Å²) < 4.78 is 36.3. The van der Waals surface area contributed by atoms with E-state index in [4.69, 9.17) is 9.47 Å². The number of aryl methyl sites for hydroxylation is 1. The number of carbonyl (C=O) groups excluding carboxylic acids is 2. The van der Waals surface area contributed by atoms with E-state index in [0.717, 1.165) is 5.56 Å². The summed E-state index contributed by atoms with van der Waals surface area (Å²) in [5.41, 5.74) is 1.71. The van der Waals surface area contributed by atoms with E-state index in [1.807, 2.05) is 13.0 Å². The van der Waals surface area contributed by atoms with Crippen LogP contribution in [0.25, 0.3) is 0 Å². The summed E-state index contributed by atoms with van der Waals surface area (Å²) in [5.74, 6) is 0.0940. The Bertz CT molecular complexity index is 1060. The van der Waals surface area contributed by atoms with Crippen LogP contribution in [0.5, 0.6) is 11.5 Å². The van der Waals surface area contributed by atoms with Crippen LogP contribution in [0.4, 0.5) is 11.4 Å². The third kappa shape index (κ3) is 4.51. The van der Waals surface area contributed by atoms with E-state index in [2.05, 4.69) is 10.6 Å². The minimum Gasteiger partial charge on any atom is -0.495 e. The molecule has 0 spiro atoms. The van der Waals surface area contributed by atoms with Gasteiger partial charge >= 0.3 is 0 Å². The van der Waals surface area contributed by atoms with Gasteiger partial charge in [-0.15, -0.1) is 0 Å². The number of ether oxygens (including phenoxy) is 2. The number of hydrogen-bond donors (Lipinski definition) is 2. The standard InChI is InChI=1S/C20H22N2O6S/c1-12-4-6-17(27-3)15(8-12)21-19(23)9-13(2)29(25,26)14-5-7-18-16(10-14)22-20(24)11-28-18/h4-8,10,13H,9,11H2,1-3H3,(H,21,23)(H,22,24). The number of nitrogens with one attached hydrogen (secondary N) is 2. The molecule has 3 rings (SSSR count). The zero-order valence-electron chi connectivity index (χ0n) is 16.3. The molecule has 154 valence electrons. The number of fused-ring (bicyclic) bond motifs is 1. The lowest BCUT2D eigenvalue weighted by atomic mass is 10.2. The highest BCUT2D eigenvalue weighted by Crippen LogP contribution is 2.32. The largest absolute Gasteiger partial charge is 0.495 e. The first kappa shape index (κ1) is 20.7. The van der Waals surface area contributed by atoms with Crippen molar-refractivity contribution in [2.24, 2.45) is 0 Å². The highest BCUT2D eigenvalue weighted by Gasteiger charge is 2.28. The predicted octanol–water partition coefficient (Wildman–Crippen LogP) is 2.53. The fourth-order valence-corrected chi connectivity index (χ4v) is 4.34. The van der Waals surface area contributed by atoms with E-state index >= 15 is 0 Å². The van der Waals surface area contributed by atoms with Crippen LogP contribution >= 0.6 is 0 Å². The summed E-state index contributed by atoms with van der Waals surface area (Å²) >= 11 is 0. The lowest BCUT2D eigenvalue weighted by Crippen LogP contribution is -2.27. The molecule has 0 aliphatic carbocycles. The molecule has 1 aliphatic rings. The highest BCUT2D eigenvalue weighted by molar-refractivity contribution is 7.92. The molecular formula is C20H22N2O6S. The molecule has 29 heavy (non-hydrogen) atoms. The molecule has 0 fully saturated rings. The zero-order chi connectivity index (χ0) is 21.2. The topological polar surface area (TPSA) is 111 Å². The molecule has 2 aromatic rings. The van der Waals surface area contributed by atoms with Crippen molar-refractivity contribution in [2.75, 3.05) is 24.4 Å². The Morgan fingerprint density at radius 3 is 2.76 bits per heavy atom. The summed E-state index contributed by atoms with van der Waals surface area (Å²) in [4.78, 5) is 23.9. The second-order valence-electron chi connectivity index (χ2n) is 6.81. The van der Waals surface area contributed by atoms with Crippen molar-refractivity contribution < 1.29 is 27.5 Å². The molecule has 8 nitrogen and oxygen atoms in total. The van der Waals surface area contributed by atoms with Gasteiger partial charge < -0.3 is 20.1 Å². The summed E-state index contributed by atoms with van der Waals surface area (Å²) in [6.07, 6.45) is -0.237. The quantitative estimate of drug-likeness (QED) is 0.746. The number of hydrogen-bond acceptors (Lipinski definition) is 6. The molecule has 9 heteroatoms. The first-order valence-electron chi connectivity index (χ1n) is 8.96. The van der Waals surface area contributed by atoms with E-state index in [1.54, 1.807) is 12.1 Å². The van der Waals surface area contributed by atoms with Crippen molar-refractivity contribution >= 4 is 33.0 Å². The summed E-state index contributed by atoms with van der Waals surface area (Å²) in [6, 6.07) is 9.58. The lowest BCUT2D eigenvalue weighted by Gasteiger charge is -2.19. The number of anilines is 2. The van der Waals surface area contributed by atoms with Gasteiger partial charge in [-0.2, -0.15) is 0 Å². The molecule has 0 radical (unpaired) electrons. The van der Waals surface area contributed by atoms with Gasteiger partial charge in [0.25, 0.3) is 5.91 Å². The number of carbonyl (C=O) groups is 2. The van der Waals surface area contributed by atoms with Crippen molar-refractivity contribution in [3.8, 4) is 11.5 Å². The van der Waals surface area contributed by atoms with E-state index in [9.17, 15) is 18.0 Å². The molecule has 2 aromatic carbocycles. The molecule has 0 bridgehead atoms. The Kier molecular flexibility index (Phi) is 5.78. The van der Waals surface area contributed by atoms with Crippen LogP contribution in [0.15, 0.2) is 41.3 Å². The lowest BCUT2D eigenvalue weighted by molar-refractivity contribution is -0.118. The van der Waals surface area contributed by atoms with Gasteiger partial charge in [-0.05, 0) is 49.7 Å². The van der Waals surface area contributed by atoms with E-state index in [1.165, 1.54) is 32.2 Å². The van der Waals surface area contributed by atoms with Crippen LogP contribution < -0.4 is 20.1 Å². The van der Waals surface area contributed by atoms with Crippen molar-refractivity contribution in [3.63, 3.8) is 0 Å². The van der Waals surface area contributed by atoms with Crippen LogP contribution in [0.3, 0.4) is 0 Å². The van der Waals surface area contributed by atoms with Crippen molar-refractivity contribution in [1.29, 1.82) is 0 Å². The van der Waals surface area contributed by atoms with Gasteiger partial charge in [0.2, 0.25) is 5.91 Å². The molecular weight excluding hydrogens is 396 g/mol. The van der Waals surface area contributed by atoms with E-state index < -0.39 is 21.0 Å². The smallest absolute Gasteiger partial charge is 0.262 e. The van der Waals surface area contributed by atoms with Crippen molar-refractivity contribution in [2.45, 2.75) is 30.4 Å². The summed E-state index contributed by atoms with van der Waals surface area (Å²) in [5, 5.41) is 4.31. The summed E-state index contributed by atoms with van der Waals surface area (Å²) in [6.45, 7) is 3.23. The minimum atomic E-state index is -3.80. The average molecular weight is 418 g/mol. The molecule has 1 atom stereocenters. The minimum absolute atomic E-state index is 0.00971. The monoisotopic (exact) mass is 418 g/mol. The van der Waals surface area contributed by atoms with Crippen molar-refractivity contribution in [3.05, 3.63) is 42.0 Å². The van der Waals surface area contributed by atoms with Crippen LogP contribution in [-0.2, 0) is 19.4 Å². The maximum atomic E-state index is 12.9. The number of amides is 2. The highest BCUT2D eigenvalue weighted by atomic mass is 32.2. The van der Waals surface area contributed by atoms with Gasteiger partial charge in [-0.1, -0.05) is 6.07 Å².